The smallest absolute Gasteiger partial charge is 0.0411 e. The van der Waals surface area contributed by atoms with Crippen LogP contribution in [0, 0.1) is 12.8 Å². The van der Waals surface area contributed by atoms with Gasteiger partial charge >= 0.3 is 0 Å². The molecular weight excluding hydrogens is 194 g/mol. The fourth-order valence-corrected chi connectivity index (χ4v) is 1.50. The molecule has 1 aromatic rings. The van der Waals surface area contributed by atoms with Gasteiger partial charge in [-0.2, -0.15) is 0 Å². The molecule has 16 heavy (non-hydrogen) atoms. The lowest BCUT2D eigenvalue weighted by atomic mass is 10.00. The van der Waals surface area contributed by atoms with Crippen LogP contribution in [0.3, 0.4) is 0 Å². The van der Waals surface area contributed by atoms with Gasteiger partial charge < -0.3 is 5.32 Å². The lowest BCUT2D eigenvalue weighted by molar-refractivity contribution is 0.778. The van der Waals surface area contributed by atoms with Crippen molar-refractivity contribution in [2.75, 3.05) is 5.32 Å². The monoisotopic (exact) mass is 217 g/mol. The van der Waals surface area contributed by atoms with E-state index in [1.54, 1.807) is 0 Å². The molecule has 1 nitrogen and oxygen atoms in total. The van der Waals surface area contributed by atoms with Gasteiger partial charge in [-0.1, -0.05) is 46.4 Å². The van der Waals surface area contributed by atoms with Crippen LogP contribution in [0.4, 0.5) is 5.69 Å². The Morgan fingerprint density at radius 2 is 1.81 bits per heavy atom. The van der Waals surface area contributed by atoms with E-state index in [-0.39, 0.29) is 0 Å². The zero-order valence-electron chi connectivity index (χ0n) is 11.1. The van der Waals surface area contributed by atoms with Crippen molar-refractivity contribution in [1.82, 2.24) is 0 Å². The Bertz CT molecular complexity index is 375. The van der Waals surface area contributed by atoms with Gasteiger partial charge in [0.25, 0.3) is 0 Å². The summed E-state index contributed by atoms with van der Waals surface area (Å²) in [5.74, 6) is 1.05. The first-order valence-corrected chi connectivity index (χ1v) is 5.98. The summed E-state index contributed by atoms with van der Waals surface area (Å²) in [4.78, 5) is 0. The number of nitrogens with one attached hydrogen (secondary N) is 1. The second-order valence-electron chi connectivity index (χ2n) is 5.03. The van der Waals surface area contributed by atoms with Gasteiger partial charge in [0.15, 0.2) is 0 Å². The van der Waals surface area contributed by atoms with Gasteiger partial charge in [0, 0.05) is 11.4 Å². The van der Waals surface area contributed by atoms with Crippen molar-refractivity contribution < 1.29 is 0 Å². The summed E-state index contributed by atoms with van der Waals surface area (Å²) < 4.78 is 0. The third-order valence-corrected chi connectivity index (χ3v) is 2.91. The molecule has 0 atom stereocenters. The fraction of sp³-hybridized carbons (Fsp3) is 0.467. The van der Waals surface area contributed by atoms with E-state index in [0.29, 0.717) is 11.8 Å². The van der Waals surface area contributed by atoms with Crippen molar-refractivity contribution in [2.24, 2.45) is 5.92 Å². The molecule has 1 N–H and O–H groups in total. The van der Waals surface area contributed by atoms with Gasteiger partial charge in [-0.25, -0.2) is 0 Å². The molecular formula is C15H23N. The SMILES string of the molecule is C=C(Nc1ccc(C(C)C)cc1C)C(C)C. The fourth-order valence-electron chi connectivity index (χ4n) is 1.50. The average molecular weight is 217 g/mol. The van der Waals surface area contributed by atoms with Crippen LogP contribution in [-0.2, 0) is 0 Å². The standard InChI is InChI=1S/C15H23N/c1-10(2)13(6)16-15-8-7-14(11(3)4)9-12(15)5/h7-11,16H,6H2,1-5H3. The Morgan fingerprint density at radius 3 is 2.25 bits per heavy atom. The third kappa shape index (κ3) is 3.13. The number of anilines is 1. The van der Waals surface area contributed by atoms with E-state index in [1.165, 1.54) is 16.8 Å². The van der Waals surface area contributed by atoms with E-state index in [9.17, 15) is 0 Å². The van der Waals surface area contributed by atoms with Crippen molar-refractivity contribution in [3.05, 3.63) is 41.6 Å². The summed E-state index contributed by atoms with van der Waals surface area (Å²) in [6.45, 7) is 14.9. The molecule has 0 heterocycles. The number of aryl methyl sites for hydroxylation is 1. The maximum absolute atomic E-state index is 4.04. The third-order valence-electron chi connectivity index (χ3n) is 2.91. The number of benzene rings is 1. The summed E-state index contributed by atoms with van der Waals surface area (Å²) in [6.07, 6.45) is 0. The molecule has 0 aliphatic rings. The Hall–Kier alpha value is -1.24. The highest BCUT2D eigenvalue weighted by molar-refractivity contribution is 5.55. The summed E-state index contributed by atoms with van der Waals surface area (Å²) in [6, 6.07) is 6.59. The van der Waals surface area contributed by atoms with Gasteiger partial charge in [-0.15, -0.1) is 0 Å². The second-order valence-corrected chi connectivity index (χ2v) is 5.03. The quantitative estimate of drug-likeness (QED) is 0.770. The van der Waals surface area contributed by atoms with Gasteiger partial charge in [-0.3, -0.25) is 0 Å². The number of rotatable bonds is 4. The van der Waals surface area contributed by atoms with Crippen molar-refractivity contribution in [3.8, 4) is 0 Å². The number of hydrogen-bond donors (Lipinski definition) is 1. The molecule has 0 radical (unpaired) electrons. The number of allylic oxidation sites excluding steroid dienone is 1. The molecule has 0 spiro atoms. The van der Waals surface area contributed by atoms with Gasteiger partial charge in [-0.05, 0) is 36.0 Å². The van der Waals surface area contributed by atoms with Crippen LogP contribution < -0.4 is 5.32 Å². The van der Waals surface area contributed by atoms with Crippen LogP contribution >= 0.6 is 0 Å². The molecule has 0 saturated heterocycles. The molecule has 1 rings (SSSR count). The highest BCUT2D eigenvalue weighted by Gasteiger charge is 2.05. The van der Waals surface area contributed by atoms with Crippen LogP contribution in [0.5, 0.6) is 0 Å². The zero-order valence-corrected chi connectivity index (χ0v) is 11.1. The lowest BCUT2D eigenvalue weighted by Gasteiger charge is -2.16. The lowest BCUT2D eigenvalue weighted by Crippen LogP contribution is -2.05. The molecule has 1 heteroatoms. The van der Waals surface area contributed by atoms with Gasteiger partial charge in [0.05, 0.1) is 0 Å². The largest absolute Gasteiger partial charge is 0.359 e. The van der Waals surface area contributed by atoms with Crippen molar-refractivity contribution in [3.63, 3.8) is 0 Å². The van der Waals surface area contributed by atoms with Crippen LogP contribution in [0.15, 0.2) is 30.5 Å². The highest BCUT2D eigenvalue weighted by Crippen LogP contribution is 2.23. The van der Waals surface area contributed by atoms with Gasteiger partial charge in [0.1, 0.15) is 0 Å². The maximum Gasteiger partial charge on any atom is 0.0411 e. The summed E-state index contributed by atoms with van der Waals surface area (Å²) >= 11 is 0. The first-order chi connectivity index (χ1) is 7.41. The Kier molecular flexibility index (Phi) is 4.17. The summed E-state index contributed by atoms with van der Waals surface area (Å²) in [5, 5.41) is 3.38. The van der Waals surface area contributed by atoms with E-state index in [1.807, 2.05) is 0 Å². The maximum atomic E-state index is 4.04. The molecule has 1 aromatic carbocycles. The molecule has 0 saturated carbocycles. The molecule has 0 bridgehead atoms. The minimum Gasteiger partial charge on any atom is -0.359 e. The number of hydrogen-bond acceptors (Lipinski definition) is 1. The topological polar surface area (TPSA) is 12.0 Å². The zero-order chi connectivity index (χ0) is 12.3. The summed E-state index contributed by atoms with van der Waals surface area (Å²) in [7, 11) is 0. The second kappa shape index (κ2) is 5.20. The Labute approximate surface area is 99.6 Å². The average Bonchev–Trinajstić information content (AvgIpc) is 2.20. The van der Waals surface area contributed by atoms with Crippen molar-refractivity contribution in [2.45, 2.75) is 40.5 Å². The first kappa shape index (κ1) is 12.8. The minimum absolute atomic E-state index is 0.462. The van der Waals surface area contributed by atoms with Crippen molar-refractivity contribution >= 4 is 5.69 Å². The normalized spacial score (nSPS) is 10.9. The predicted molar refractivity (Wildman–Crippen MR) is 72.9 cm³/mol. The molecule has 0 aliphatic heterocycles. The van der Waals surface area contributed by atoms with E-state index < -0.39 is 0 Å². The van der Waals surface area contributed by atoms with Crippen LogP contribution in [-0.4, -0.2) is 0 Å². The van der Waals surface area contributed by atoms with E-state index in [0.717, 1.165) is 5.70 Å². The Morgan fingerprint density at radius 1 is 1.19 bits per heavy atom. The van der Waals surface area contributed by atoms with Crippen LogP contribution in [0.1, 0.15) is 44.7 Å². The summed E-state index contributed by atoms with van der Waals surface area (Å²) in [5.41, 5.74) is 4.91. The first-order valence-electron chi connectivity index (χ1n) is 5.98. The van der Waals surface area contributed by atoms with Gasteiger partial charge in [0.2, 0.25) is 0 Å². The van der Waals surface area contributed by atoms with Crippen LogP contribution in [0.25, 0.3) is 0 Å². The van der Waals surface area contributed by atoms with E-state index in [2.05, 4.69) is 64.7 Å². The molecule has 88 valence electrons. The van der Waals surface area contributed by atoms with E-state index >= 15 is 0 Å². The molecule has 0 fully saturated rings. The molecule has 0 aromatic heterocycles. The molecule has 0 amide bonds. The highest BCUT2D eigenvalue weighted by atomic mass is 14.9. The molecule has 0 unspecified atom stereocenters. The Balaban J connectivity index is 2.87. The predicted octanol–water partition coefficient (Wildman–Crippen LogP) is 4.70. The molecule has 0 aliphatic carbocycles. The minimum atomic E-state index is 0.462. The van der Waals surface area contributed by atoms with E-state index in [4.69, 9.17) is 0 Å². The van der Waals surface area contributed by atoms with Crippen molar-refractivity contribution in [1.29, 1.82) is 0 Å². The van der Waals surface area contributed by atoms with Crippen LogP contribution in [0.2, 0.25) is 0 Å².